The van der Waals surface area contributed by atoms with Crippen LogP contribution >= 0.6 is 0 Å². The fourth-order valence-electron chi connectivity index (χ4n) is 2.80. The molecule has 0 aliphatic heterocycles. The summed E-state index contributed by atoms with van der Waals surface area (Å²) in [5, 5.41) is 7.91. The third-order valence-corrected chi connectivity index (χ3v) is 3.92. The number of nitrogens with one attached hydrogen (secondary N) is 1. The summed E-state index contributed by atoms with van der Waals surface area (Å²) in [6.45, 7) is 8.51. The van der Waals surface area contributed by atoms with E-state index in [9.17, 15) is 0 Å². The highest BCUT2D eigenvalue weighted by atomic mass is 15.3. The highest BCUT2D eigenvalue weighted by Gasteiger charge is 2.21. The number of rotatable bonds is 6. The van der Waals surface area contributed by atoms with Crippen molar-refractivity contribution in [3.63, 3.8) is 0 Å². The molecule has 0 bridgehead atoms. The van der Waals surface area contributed by atoms with Gasteiger partial charge in [0, 0.05) is 12.6 Å². The zero-order valence-electron chi connectivity index (χ0n) is 11.9. The van der Waals surface area contributed by atoms with E-state index in [2.05, 4.69) is 36.2 Å². The topological polar surface area (TPSA) is 42.7 Å². The largest absolute Gasteiger partial charge is 0.307 e. The van der Waals surface area contributed by atoms with Crippen LogP contribution in [0.1, 0.15) is 52.3 Å². The molecule has 1 aliphatic carbocycles. The first-order chi connectivity index (χ1) is 8.66. The van der Waals surface area contributed by atoms with Crippen molar-refractivity contribution < 1.29 is 0 Å². The average Bonchev–Trinajstić information content (AvgIpc) is 2.95. The van der Waals surface area contributed by atoms with Gasteiger partial charge in [-0.1, -0.05) is 26.7 Å². The normalized spacial score (nSPS) is 18.7. The van der Waals surface area contributed by atoms with Crippen molar-refractivity contribution in [3.8, 4) is 0 Å². The Bertz CT molecular complexity index is 352. The average molecular weight is 250 g/mol. The Morgan fingerprint density at radius 3 is 2.72 bits per heavy atom. The maximum atomic E-state index is 4.36. The molecular formula is C14H26N4. The van der Waals surface area contributed by atoms with Gasteiger partial charge in [-0.05, 0) is 31.6 Å². The van der Waals surface area contributed by atoms with Gasteiger partial charge in [-0.2, -0.15) is 5.10 Å². The first kappa shape index (κ1) is 13.5. The fraction of sp³-hybridized carbons (Fsp3) is 0.857. The molecule has 1 atom stereocenters. The fourth-order valence-corrected chi connectivity index (χ4v) is 2.80. The molecule has 1 aromatic heterocycles. The SMILES string of the molecule is CC(C)Cn1ncnc1CN[C@@H](C)C1CCCC1. The summed E-state index contributed by atoms with van der Waals surface area (Å²) in [6.07, 6.45) is 7.24. The van der Waals surface area contributed by atoms with Gasteiger partial charge in [0.05, 0.1) is 6.54 Å². The van der Waals surface area contributed by atoms with Crippen LogP contribution in [0.25, 0.3) is 0 Å². The smallest absolute Gasteiger partial charge is 0.140 e. The Balaban J connectivity index is 1.83. The van der Waals surface area contributed by atoms with Crippen LogP contribution in [0.3, 0.4) is 0 Å². The van der Waals surface area contributed by atoms with E-state index in [0.717, 1.165) is 24.8 Å². The molecule has 0 saturated heterocycles. The van der Waals surface area contributed by atoms with E-state index >= 15 is 0 Å². The van der Waals surface area contributed by atoms with Gasteiger partial charge in [0.1, 0.15) is 12.2 Å². The summed E-state index contributed by atoms with van der Waals surface area (Å²) in [5.74, 6) is 2.53. The number of nitrogens with zero attached hydrogens (tertiary/aromatic N) is 3. The molecule has 4 nitrogen and oxygen atoms in total. The Morgan fingerprint density at radius 1 is 1.33 bits per heavy atom. The van der Waals surface area contributed by atoms with Gasteiger partial charge in [0.15, 0.2) is 0 Å². The summed E-state index contributed by atoms with van der Waals surface area (Å²) in [4.78, 5) is 4.36. The molecule has 1 saturated carbocycles. The summed E-state index contributed by atoms with van der Waals surface area (Å²) in [7, 11) is 0. The lowest BCUT2D eigenvalue weighted by atomic mass is 10.00. The van der Waals surface area contributed by atoms with Crippen molar-refractivity contribution in [3.05, 3.63) is 12.2 Å². The predicted octanol–water partition coefficient (Wildman–Crippen LogP) is 2.60. The van der Waals surface area contributed by atoms with Gasteiger partial charge in [-0.15, -0.1) is 0 Å². The van der Waals surface area contributed by atoms with Crippen LogP contribution in [0.4, 0.5) is 0 Å². The van der Waals surface area contributed by atoms with Crippen molar-refractivity contribution in [2.45, 2.75) is 65.6 Å². The Kier molecular flexibility index (Phi) is 4.75. The monoisotopic (exact) mass is 250 g/mol. The van der Waals surface area contributed by atoms with Crippen molar-refractivity contribution in [1.82, 2.24) is 20.1 Å². The molecule has 0 spiro atoms. The zero-order valence-corrected chi connectivity index (χ0v) is 11.9. The lowest BCUT2D eigenvalue weighted by Gasteiger charge is -2.20. The molecule has 0 aromatic carbocycles. The standard InChI is InChI=1S/C14H26N4/c1-11(2)9-18-14(16-10-17-18)8-15-12(3)13-6-4-5-7-13/h10-13,15H,4-9H2,1-3H3/t12-/m0/s1. The Labute approximate surface area is 110 Å². The molecule has 102 valence electrons. The van der Waals surface area contributed by atoms with Gasteiger partial charge in [-0.25, -0.2) is 9.67 Å². The molecule has 1 N–H and O–H groups in total. The van der Waals surface area contributed by atoms with Gasteiger partial charge in [0.25, 0.3) is 0 Å². The van der Waals surface area contributed by atoms with Crippen LogP contribution in [0.5, 0.6) is 0 Å². The van der Waals surface area contributed by atoms with Gasteiger partial charge in [-0.3, -0.25) is 0 Å². The van der Waals surface area contributed by atoms with Gasteiger partial charge in [0.2, 0.25) is 0 Å². The van der Waals surface area contributed by atoms with E-state index in [1.165, 1.54) is 25.7 Å². The quantitative estimate of drug-likeness (QED) is 0.844. The van der Waals surface area contributed by atoms with E-state index < -0.39 is 0 Å². The molecule has 1 heterocycles. The number of aromatic nitrogens is 3. The third-order valence-electron chi connectivity index (χ3n) is 3.92. The highest BCUT2D eigenvalue weighted by molar-refractivity contribution is 4.86. The molecule has 0 amide bonds. The van der Waals surface area contributed by atoms with Crippen molar-refractivity contribution in [2.75, 3.05) is 0 Å². The molecule has 18 heavy (non-hydrogen) atoms. The minimum absolute atomic E-state index is 0.594. The summed E-state index contributed by atoms with van der Waals surface area (Å²) in [6, 6.07) is 0.594. The molecule has 0 unspecified atom stereocenters. The first-order valence-electron chi connectivity index (χ1n) is 7.27. The summed E-state index contributed by atoms with van der Waals surface area (Å²) >= 11 is 0. The summed E-state index contributed by atoms with van der Waals surface area (Å²) in [5.41, 5.74) is 0. The molecule has 1 aromatic rings. The molecule has 4 heteroatoms. The second-order valence-electron chi connectivity index (χ2n) is 5.97. The Morgan fingerprint density at radius 2 is 2.06 bits per heavy atom. The zero-order chi connectivity index (χ0) is 13.0. The van der Waals surface area contributed by atoms with Crippen LogP contribution in [0.15, 0.2) is 6.33 Å². The van der Waals surface area contributed by atoms with Crippen LogP contribution in [-0.4, -0.2) is 20.8 Å². The number of hydrogen-bond acceptors (Lipinski definition) is 3. The second kappa shape index (κ2) is 6.32. The van der Waals surface area contributed by atoms with Crippen LogP contribution < -0.4 is 5.32 Å². The van der Waals surface area contributed by atoms with E-state index in [1.807, 2.05) is 4.68 Å². The van der Waals surface area contributed by atoms with E-state index in [4.69, 9.17) is 0 Å². The van der Waals surface area contributed by atoms with Gasteiger partial charge >= 0.3 is 0 Å². The molecule has 1 aliphatic rings. The molecule has 2 rings (SSSR count). The number of hydrogen-bond donors (Lipinski definition) is 1. The lowest BCUT2D eigenvalue weighted by Crippen LogP contribution is -2.33. The highest BCUT2D eigenvalue weighted by Crippen LogP contribution is 2.27. The third kappa shape index (κ3) is 3.55. The maximum Gasteiger partial charge on any atom is 0.140 e. The van der Waals surface area contributed by atoms with Crippen molar-refractivity contribution in [1.29, 1.82) is 0 Å². The maximum absolute atomic E-state index is 4.36. The van der Waals surface area contributed by atoms with Crippen LogP contribution in [-0.2, 0) is 13.1 Å². The molecule has 0 radical (unpaired) electrons. The Hall–Kier alpha value is -0.900. The van der Waals surface area contributed by atoms with Crippen LogP contribution in [0, 0.1) is 11.8 Å². The molecular weight excluding hydrogens is 224 g/mol. The molecule has 1 fully saturated rings. The minimum atomic E-state index is 0.594. The second-order valence-corrected chi connectivity index (χ2v) is 5.97. The van der Waals surface area contributed by atoms with Gasteiger partial charge < -0.3 is 5.32 Å². The van der Waals surface area contributed by atoms with E-state index in [0.29, 0.717) is 12.0 Å². The van der Waals surface area contributed by atoms with E-state index in [1.54, 1.807) is 6.33 Å². The lowest BCUT2D eigenvalue weighted by molar-refractivity contribution is 0.368. The first-order valence-corrected chi connectivity index (χ1v) is 7.27. The predicted molar refractivity (Wildman–Crippen MR) is 73.1 cm³/mol. The van der Waals surface area contributed by atoms with Crippen molar-refractivity contribution in [2.24, 2.45) is 11.8 Å². The minimum Gasteiger partial charge on any atom is -0.307 e. The van der Waals surface area contributed by atoms with Crippen molar-refractivity contribution >= 4 is 0 Å². The van der Waals surface area contributed by atoms with E-state index in [-0.39, 0.29) is 0 Å². The summed E-state index contributed by atoms with van der Waals surface area (Å²) < 4.78 is 2.03. The van der Waals surface area contributed by atoms with Crippen LogP contribution in [0.2, 0.25) is 0 Å².